The monoisotopic (exact) mass is 319 g/mol. The fourth-order valence-corrected chi connectivity index (χ4v) is 2.90. The zero-order valence-electron chi connectivity index (χ0n) is 13.1. The van der Waals surface area contributed by atoms with E-state index in [2.05, 4.69) is 5.32 Å². The fraction of sp³-hybridized carbons (Fsp3) is 0.529. The van der Waals surface area contributed by atoms with Crippen LogP contribution in [-0.4, -0.2) is 35.7 Å². The molecular formula is C17H21NO5. The van der Waals surface area contributed by atoms with Gasteiger partial charge in [0.1, 0.15) is 5.54 Å². The highest BCUT2D eigenvalue weighted by Crippen LogP contribution is 2.36. The molecule has 0 radical (unpaired) electrons. The molecule has 0 heterocycles. The Balaban J connectivity index is 1.73. The molecule has 1 amide bonds. The number of carboxylic acid groups (broad SMARTS) is 1. The second kappa shape index (κ2) is 6.10. The van der Waals surface area contributed by atoms with E-state index in [4.69, 9.17) is 14.6 Å². The molecule has 3 rings (SSSR count). The highest BCUT2D eigenvalue weighted by Gasteiger charge is 2.51. The molecule has 2 saturated carbocycles. The minimum atomic E-state index is -1.09. The number of methoxy groups -OCH3 is 1. The molecule has 2 fully saturated rings. The van der Waals surface area contributed by atoms with Crippen molar-refractivity contribution in [2.75, 3.05) is 7.11 Å². The summed E-state index contributed by atoms with van der Waals surface area (Å²) in [6.45, 7) is 0. The molecule has 6 heteroatoms. The number of hydrogen-bond donors (Lipinski definition) is 2. The van der Waals surface area contributed by atoms with E-state index < -0.39 is 17.4 Å². The van der Waals surface area contributed by atoms with Gasteiger partial charge in [-0.2, -0.15) is 0 Å². The van der Waals surface area contributed by atoms with Crippen molar-refractivity contribution < 1.29 is 24.2 Å². The van der Waals surface area contributed by atoms with E-state index in [0.717, 1.165) is 12.8 Å². The predicted molar refractivity (Wildman–Crippen MR) is 82.9 cm³/mol. The molecule has 0 saturated heterocycles. The zero-order valence-corrected chi connectivity index (χ0v) is 13.1. The first-order valence-corrected chi connectivity index (χ1v) is 7.95. The molecule has 2 N–H and O–H groups in total. The molecule has 2 aliphatic rings. The molecule has 0 atom stereocenters. The van der Waals surface area contributed by atoms with Crippen LogP contribution in [0, 0.1) is 0 Å². The molecule has 124 valence electrons. The van der Waals surface area contributed by atoms with Crippen LogP contribution in [0.25, 0.3) is 0 Å². The highest BCUT2D eigenvalue weighted by molar-refractivity contribution is 5.99. The number of carbonyl (C=O) groups is 2. The van der Waals surface area contributed by atoms with Gasteiger partial charge in [-0.25, -0.2) is 4.79 Å². The lowest BCUT2D eigenvalue weighted by Gasteiger charge is -2.17. The van der Waals surface area contributed by atoms with E-state index >= 15 is 0 Å². The number of carbonyl (C=O) groups excluding carboxylic acids is 1. The number of amides is 1. The zero-order chi connectivity index (χ0) is 16.4. The maximum atomic E-state index is 12.3. The van der Waals surface area contributed by atoms with Crippen LogP contribution in [-0.2, 0) is 4.79 Å². The van der Waals surface area contributed by atoms with E-state index in [-0.39, 0.29) is 6.10 Å². The second-order valence-electron chi connectivity index (χ2n) is 6.23. The smallest absolute Gasteiger partial charge is 0.329 e. The summed E-state index contributed by atoms with van der Waals surface area (Å²) in [5.41, 5.74) is -0.725. The Kier molecular flexibility index (Phi) is 4.15. The third-order valence-electron chi connectivity index (χ3n) is 4.53. The van der Waals surface area contributed by atoms with Gasteiger partial charge in [0.15, 0.2) is 11.5 Å². The van der Waals surface area contributed by atoms with Crippen LogP contribution in [0.4, 0.5) is 0 Å². The summed E-state index contributed by atoms with van der Waals surface area (Å²) < 4.78 is 11.3. The van der Waals surface area contributed by atoms with E-state index in [1.807, 2.05) is 0 Å². The number of aliphatic carboxylic acids is 1. The summed E-state index contributed by atoms with van der Waals surface area (Å²) >= 11 is 0. The van der Waals surface area contributed by atoms with Crippen molar-refractivity contribution in [1.82, 2.24) is 5.32 Å². The lowest BCUT2D eigenvalue weighted by atomic mass is 10.1. The molecule has 6 nitrogen and oxygen atoms in total. The van der Waals surface area contributed by atoms with Crippen molar-refractivity contribution >= 4 is 11.9 Å². The molecule has 0 aliphatic heterocycles. The summed E-state index contributed by atoms with van der Waals surface area (Å²) in [7, 11) is 1.53. The van der Waals surface area contributed by atoms with Gasteiger partial charge in [-0.05, 0) is 56.7 Å². The molecule has 0 aromatic heterocycles. The van der Waals surface area contributed by atoms with Crippen molar-refractivity contribution in [2.45, 2.75) is 50.2 Å². The van der Waals surface area contributed by atoms with Gasteiger partial charge in [0.2, 0.25) is 0 Å². The van der Waals surface area contributed by atoms with Crippen molar-refractivity contribution in [3.05, 3.63) is 23.8 Å². The largest absolute Gasteiger partial charge is 0.493 e. The Morgan fingerprint density at radius 3 is 2.48 bits per heavy atom. The molecular weight excluding hydrogens is 298 g/mol. The summed E-state index contributed by atoms with van der Waals surface area (Å²) in [6.07, 6.45) is 5.54. The topological polar surface area (TPSA) is 84.9 Å². The Labute approximate surface area is 134 Å². The average molecular weight is 319 g/mol. The van der Waals surface area contributed by atoms with Crippen LogP contribution in [0.3, 0.4) is 0 Å². The predicted octanol–water partition coefficient (Wildman–Crippen LogP) is 2.36. The van der Waals surface area contributed by atoms with Crippen LogP contribution in [0.5, 0.6) is 11.5 Å². The van der Waals surface area contributed by atoms with Crippen LogP contribution in [0.1, 0.15) is 48.9 Å². The van der Waals surface area contributed by atoms with Gasteiger partial charge in [-0.1, -0.05) is 0 Å². The van der Waals surface area contributed by atoms with Crippen molar-refractivity contribution in [3.8, 4) is 11.5 Å². The van der Waals surface area contributed by atoms with Gasteiger partial charge in [0.25, 0.3) is 5.91 Å². The molecule has 1 aromatic rings. The first-order valence-electron chi connectivity index (χ1n) is 7.95. The lowest BCUT2D eigenvalue weighted by Crippen LogP contribution is -2.43. The van der Waals surface area contributed by atoms with Crippen molar-refractivity contribution in [2.24, 2.45) is 0 Å². The molecule has 2 aliphatic carbocycles. The summed E-state index contributed by atoms with van der Waals surface area (Å²) in [6, 6.07) is 4.95. The highest BCUT2D eigenvalue weighted by atomic mass is 16.5. The number of nitrogens with one attached hydrogen (secondary N) is 1. The molecule has 0 bridgehead atoms. The van der Waals surface area contributed by atoms with Gasteiger partial charge in [-0.15, -0.1) is 0 Å². The molecule has 0 unspecified atom stereocenters. The second-order valence-corrected chi connectivity index (χ2v) is 6.23. The first-order chi connectivity index (χ1) is 11.0. The molecule has 1 aromatic carbocycles. The first kappa shape index (κ1) is 15.6. The number of rotatable bonds is 6. The van der Waals surface area contributed by atoms with E-state index in [0.29, 0.717) is 29.9 Å². The molecule has 23 heavy (non-hydrogen) atoms. The van der Waals surface area contributed by atoms with Gasteiger partial charge in [0.05, 0.1) is 13.2 Å². The minimum absolute atomic E-state index is 0.199. The summed E-state index contributed by atoms with van der Waals surface area (Å²) in [4.78, 5) is 23.4. The van der Waals surface area contributed by atoms with Crippen molar-refractivity contribution in [1.29, 1.82) is 0 Å². The lowest BCUT2D eigenvalue weighted by molar-refractivity contribution is -0.140. The summed E-state index contributed by atoms with van der Waals surface area (Å²) in [5.74, 6) is -0.283. The summed E-state index contributed by atoms with van der Waals surface area (Å²) in [5, 5.41) is 11.7. The normalized spacial score (nSPS) is 19.2. The molecule has 0 spiro atoms. The minimum Gasteiger partial charge on any atom is -0.493 e. The van der Waals surface area contributed by atoms with Crippen LogP contribution >= 0.6 is 0 Å². The SMILES string of the molecule is COc1cc(C(=O)NC2(C(=O)O)CC2)ccc1OC1CCCC1. The Morgan fingerprint density at radius 1 is 1.22 bits per heavy atom. The van der Waals surface area contributed by atoms with Gasteiger partial charge < -0.3 is 19.9 Å². The third-order valence-corrected chi connectivity index (χ3v) is 4.53. The standard InChI is InChI=1S/C17H21NO5/c1-22-14-10-11(15(19)18-17(8-9-17)16(20)21)6-7-13(14)23-12-4-2-3-5-12/h6-7,10,12H,2-5,8-9H2,1H3,(H,18,19)(H,20,21). The maximum Gasteiger partial charge on any atom is 0.329 e. The Bertz CT molecular complexity index is 617. The van der Waals surface area contributed by atoms with Gasteiger partial charge in [0, 0.05) is 5.56 Å². The van der Waals surface area contributed by atoms with Crippen LogP contribution in [0.2, 0.25) is 0 Å². The Morgan fingerprint density at radius 2 is 1.91 bits per heavy atom. The van der Waals surface area contributed by atoms with E-state index in [1.54, 1.807) is 18.2 Å². The van der Waals surface area contributed by atoms with Crippen molar-refractivity contribution in [3.63, 3.8) is 0 Å². The van der Waals surface area contributed by atoms with Gasteiger partial charge in [-0.3, -0.25) is 4.79 Å². The maximum absolute atomic E-state index is 12.3. The number of ether oxygens (including phenoxy) is 2. The van der Waals surface area contributed by atoms with E-state index in [1.165, 1.54) is 20.0 Å². The van der Waals surface area contributed by atoms with Crippen LogP contribution in [0.15, 0.2) is 18.2 Å². The fourth-order valence-electron chi connectivity index (χ4n) is 2.90. The van der Waals surface area contributed by atoms with Gasteiger partial charge >= 0.3 is 5.97 Å². The van der Waals surface area contributed by atoms with E-state index in [9.17, 15) is 9.59 Å². The average Bonchev–Trinajstić information content (AvgIpc) is 3.14. The quantitative estimate of drug-likeness (QED) is 0.841. The number of benzene rings is 1. The number of hydrogen-bond acceptors (Lipinski definition) is 4. The Hall–Kier alpha value is -2.24. The van der Waals surface area contributed by atoms with Crippen LogP contribution < -0.4 is 14.8 Å². The number of carboxylic acids is 1. The third kappa shape index (κ3) is 3.25.